The molecule has 2 aliphatic carbocycles. The van der Waals surface area contributed by atoms with Crippen molar-refractivity contribution in [2.75, 3.05) is 4.90 Å². The first kappa shape index (κ1) is 22.3. The molecule has 3 nitrogen and oxygen atoms in total. The van der Waals surface area contributed by atoms with Crippen molar-refractivity contribution >= 4 is 26.9 Å². The summed E-state index contributed by atoms with van der Waals surface area (Å²) < 4.78 is 26.9. The number of fused-ring (bicyclic) bond motifs is 6. The van der Waals surface area contributed by atoms with Crippen LogP contribution in [-0.2, 0) is 15.3 Å². The molecule has 0 fully saturated rings. The van der Waals surface area contributed by atoms with E-state index in [1.165, 1.54) is 11.1 Å². The van der Waals surface area contributed by atoms with E-state index in [4.69, 9.17) is 0 Å². The van der Waals surface area contributed by atoms with E-state index in [0.717, 1.165) is 33.8 Å². The molecule has 0 N–H and O–H groups in total. The summed E-state index contributed by atoms with van der Waals surface area (Å²) in [4.78, 5) is 2.76. The van der Waals surface area contributed by atoms with Gasteiger partial charge in [-0.1, -0.05) is 86.7 Å². The Hall–Kier alpha value is -3.89. The first-order valence-corrected chi connectivity index (χ1v) is 14.2. The highest BCUT2D eigenvalue weighted by atomic mass is 32.2. The second-order valence-corrected chi connectivity index (χ2v) is 12.7. The van der Waals surface area contributed by atoms with Gasteiger partial charge >= 0.3 is 0 Å². The molecule has 0 bridgehead atoms. The van der Waals surface area contributed by atoms with Crippen LogP contribution >= 0.6 is 0 Å². The molecular weight excluding hydrogens is 474 g/mol. The van der Waals surface area contributed by atoms with Crippen LogP contribution in [0.4, 0.5) is 17.1 Å². The van der Waals surface area contributed by atoms with Crippen LogP contribution in [0.2, 0.25) is 0 Å². The molecule has 0 saturated carbocycles. The number of sulfone groups is 1. The molecule has 7 rings (SSSR count). The number of benzene rings is 4. The summed E-state index contributed by atoms with van der Waals surface area (Å²) in [7, 11) is -3.41. The number of allylic oxidation sites excluding steroid dienone is 3. The summed E-state index contributed by atoms with van der Waals surface area (Å²) in [5.74, 6) is -0.114. The molecule has 4 aromatic rings. The zero-order chi connectivity index (χ0) is 25.4. The standard InChI is InChI=1S/C33H27NO2S/c1-33(2)29-19-24(34(22-11-5-3-6-12-22)23-13-7-4-8-14-23)17-18-25(29)27-21-32-28(20-30(27)33)26-15-9-10-16-31(26)37(32,35)36/h3-21,26,31H,1-2H3. The maximum atomic E-state index is 13.5. The van der Waals surface area contributed by atoms with Crippen LogP contribution in [0.15, 0.2) is 120 Å². The molecule has 182 valence electrons. The van der Waals surface area contributed by atoms with E-state index >= 15 is 0 Å². The number of hydrogen-bond donors (Lipinski definition) is 0. The molecule has 2 atom stereocenters. The van der Waals surface area contributed by atoms with E-state index in [-0.39, 0.29) is 11.3 Å². The highest BCUT2D eigenvalue weighted by Gasteiger charge is 2.46. The van der Waals surface area contributed by atoms with Gasteiger partial charge in [0, 0.05) is 28.4 Å². The van der Waals surface area contributed by atoms with Gasteiger partial charge in [0.15, 0.2) is 9.84 Å². The number of nitrogens with zero attached hydrogens (tertiary/aromatic N) is 1. The highest BCUT2D eigenvalue weighted by molar-refractivity contribution is 7.92. The average molecular weight is 502 g/mol. The quantitative estimate of drug-likeness (QED) is 0.287. The minimum atomic E-state index is -3.41. The van der Waals surface area contributed by atoms with Crippen LogP contribution in [-0.4, -0.2) is 13.7 Å². The van der Waals surface area contributed by atoms with Crippen molar-refractivity contribution in [3.8, 4) is 11.1 Å². The first-order chi connectivity index (χ1) is 17.9. The molecule has 4 aromatic carbocycles. The topological polar surface area (TPSA) is 37.4 Å². The molecule has 2 unspecified atom stereocenters. The zero-order valence-electron chi connectivity index (χ0n) is 20.8. The lowest BCUT2D eigenvalue weighted by Gasteiger charge is -2.28. The van der Waals surface area contributed by atoms with Gasteiger partial charge in [0.25, 0.3) is 0 Å². The Bertz CT molecular complexity index is 1680. The second-order valence-electron chi connectivity index (χ2n) is 10.6. The van der Waals surface area contributed by atoms with Gasteiger partial charge in [-0.3, -0.25) is 0 Å². The lowest BCUT2D eigenvalue weighted by Crippen LogP contribution is -2.19. The third kappa shape index (κ3) is 3.15. The molecule has 3 aliphatic rings. The second kappa shape index (κ2) is 7.80. The van der Waals surface area contributed by atoms with Crippen molar-refractivity contribution in [3.05, 3.63) is 132 Å². The molecule has 0 spiro atoms. The van der Waals surface area contributed by atoms with Crippen molar-refractivity contribution in [2.24, 2.45) is 0 Å². The van der Waals surface area contributed by atoms with Gasteiger partial charge in [-0.2, -0.15) is 0 Å². The van der Waals surface area contributed by atoms with Gasteiger partial charge < -0.3 is 4.90 Å². The molecular formula is C33H27NO2S. The monoisotopic (exact) mass is 501 g/mol. The van der Waals surface area contributed by atoms with Gasteiger partial charge in [0.05, 0.1) is 10.1 Å². The molecule has 4 heteroatoms. The molecule has 0 amide bonds. The van der Waals surface area contributed by atoms with Crippen LogP contribution in [0, 0.1) is 0 Å². The first-order valence-electron chi connectivity index (χ1n) is 12.7. The van der Waals surface area contributed by atoms with E-state index < -0.39 is 15.1 Å². The van der Waals surface area contributed by atoms with Crippen LogP contribution in [0.5, 0.6) is 0 Å². The molecule has 0 saturated heterocycles. The number of hydrogen-bond acceptors (Lipinski definition) is 3. The summed E-state index contributed by atoms with van der Waals surface area (Å²) in [5, 5.41) is -0.495. The van der Waals surface area contributed by atoms with Gasteiger partial charge in [-0.15, -0.1) is 0 Å². The minimum Gasteiger partial charge on any atom is -0.310 e. The van der Waals surface area contributed by atoms with E-state index in [1.807, 2.05) is 42.5 Å². The zero-order valence-corrected chi connectivity index (χ0v) is 21.6. The Morgan fingerprint density at radius 2 is 1.30 bits per heavy atom. The van der Waals surface area contributed by atoms with Gasteiger partial charge in [-0.25, -0.2) is 8.42 Å². The maximum Gasteiger partial charge on any atom is 0.186 e. The van der Waals surface area contributed by atoms with E-state index in [1.54, 1.807) is 0 Å². The number of rotatable bonds is 3. The molecule has 0 radical (unpaired) electrons. The van der Waals surface area contributed by atoms with Crippen LogP contribution in [0.1, 0.15) is 36.5 Å². The molecule has 1 aliphatic heterocycles. The Morgan fingerprint density at radius 3 is 1.97 bits per heavy atom. The fraction of sp³-hybridized carbons (Fsp3) is 0.152. The normalized spacial score (nSPS) is 21.1. The summed E-state index contributed by atoms with van der Waals surface area (Å²) in [6.07, 6.45) is 7.68. The Balaban J connectivity index is 1.40. The van der Waals surface area contributed by atoms with Crippen molar-refractivity contribution < 1.29 is 8.42 Å². The summed E-state index contributed by atoms with van der Waals surface area (Å²) >= 11 is 0. The predicted octanol–water partition coefficient (Wildman–Crippen LogP) is 7.83. The van der Waals surface area contributed by atoms with Crippen LogP contribution < -0.4 is 4.90 Å². The number of anilines is 3. The summed E-state index contributed by atoms with van der Waals surface area (Å²) in [6.45, 7) is 4.50. The molecule has 37 heavy (non-hydrogen) atoms. The molecule has 1 heterocycles. The predicted molar refractivity (Wildman–Crippen MR) is 151 cm³/mol. The highest BCUT2D eigenvalue weighted by Crippen LogP contribution is 2.54. The lowest BCUT2D eigenvalue weighted by atomic mass is 9.80. The van der Waals surface area contributed by atoms with Crippen molar-refractivity contribution in [1.29, 1.82) is 0 Å². The Labute approximate surface area is 218 Å². The van der Waals surface area contributed by atoms with Crippen LogP contribution in [0.3, 0.4) is 0 Å². The average Bonchev–Trinajstić information content (AvgIpc) is 3.28. The lowest BCUT2D eigenvalue weighted by molar-refractivity contribution is 0.592. The van der Waals surface area contributed by atoms with Crippen molar-refractivity contribution in [3.63, 3.8) is 0 Å². The largest absolute Gasteiger partial charge is 0.310 e. The third-order valence-electron chi connectivity index (χ3n) is 8.19. The van der Waals surface area contributed by atoms with Gasteiger partial charge in [0.1, 0.15) is 0 Å². The van der Waals surface area contributed by atoms with E-state index in [9.17, 15) is 8.42 Å². The molecule has 0 aromatic heterocycles. The minimum absolute atomic E-state index is 0.114. The third-order valence-corrected chi connectivity index (χ3v) is 10.3. The Kier molecular flexibility index (Phi) is 4.71. The van der Waals surface area contributed by atoms with Gasteiger partial charge in [-0.05, 0) is 70.3 Å². The van der Waals surface area contributed by atoms with Crippen LogP contribution in [0.25, 0.3) is 11.1 Å². The fourth-order valence-corrected chi connectivity index (χ4v) is 8.34. The van der Waals surface area contributed by atoms with Crippen molar-refractivity contribution in [2.45, 2.75) is 35.3 Å². The number of para-hydroxylation sites is 2. The summed E-state index contributed by atoms with van der Waals surface area (Å²) in [6, 6.07) is 31.5. The van der Waals surface area contributed by atoms with E-state index in [2.05, 4.69) is 91.5 Å². The van der Waals surface area contributed by atoms with Crippen molar-refractivity contribution in [1.82, 2.24) is 0 Å². The Morgan fingerprint density at radius 1 is 0.676 bits per heavy atom. The SMILES string of the molecule is CC1(C)c2cc(N(c3ccccc3)c3ccccc3)ccc2-c2cc3c(cc21)C1C=CC=CC1S3(=O)=O. The fourth-order valence-electron chi connectivity index (χ4n) is 6.32. The smallest absolute Gasteiger partial charge is 0.186 e. The van der Waals surface area contributed by atoms with Gasteiger partial charge in [0.2, 0.25) is 0 Å². The maximum absolute atomic E-state index is 13.5. The van der Waals surface area contributed by atoms with E-state index in [0.29, 0.717) is 4.90 Å². The summed E-state index contributed by atoms with van der Waals surface area (Å²) in [5.41, 5.74) is 8.50.